The van der Waals surface area contributed by atoms with Gasteiger partial charge in [0.2, 0.25) is 0 Å². The number of benzene rings is 10. The Bertz CT molecular complexity index is 3130. The SMILES string of the molecule is CC(C)(C)c1ccc(-c2ccc(C(c3ccc4c(c3)C(c3ccccc3)(c3ccccc3)c3ccccc3-4)c3ccc4c(c3)C(c3ccccc3)(c3ccccc3)c3ccccc3-4)cc2)cc1. The lowest BCUT2D eigenvalue weighted by molar-refractivity contribution is 0.590. The average Bonchev–Trinajstić information content (AvgIpc) is 3.85. The van der Waals surface area contributed by atoms with Gasteiger partial charge in [0.15, 0.2) is 0 Å². The van der Waals surface area contributed by atoms with E-state index in [4.69, 9.17) is 0 Å². The quantitative estimate of drug-likeness (QED) is 0.134. The highest BCUT2D eigenvalue weighted by Crippen LogP contribution is 2.59. The maximum absolute atomic E-state index is 2.56. The van der Waals surface area contributed by atoms with Crippen LogP contribution >= 0.6 is 0 Å². The second-order valence-corrected chi connectivity index (χ2v) is 19.5. The predicted molar refractivity (Wildman–Crippen MR) is 279 cm³/mol. The molecule has 0 amide bonds. The molecule has 0 aliphatic heterocycles. The first-order valence-corrected chi connectivity index (χ1v) is 23.8. The molecule has 12 rings (SSSR count). The second kappa shape index (κ2) is 16.0. The Morgan fingerprint density at radius 2 is 0.597 bits per heavy atom. The Morgan fingerprint density at radius 3 is 0.970 bits per heavy atom. The van der Waals surface area contributed by atoms with E-state index in [1.807, 2.05) is 0 Å². The van der Waals surface area contributed by atoms with Crippen molar-refractivity contribution >= 4 is 0 Å². The molecule has 0 radical (unpaired) electrons. The Kier molecular flexibility index (Phi) is 9.70. The Morgan fingerprint density at radius 1 is 0.284 bits per heavy atom. The normalized spacial score (nSPS) is 14.0. The Hall–Kier alpha value is -7.80. The van der Waals surface area contributed by atoms with Gasteiger partial charge in [-0.05, 0) is 106 Å². The van der Waals surface area contributed by atoms with Gasteiger partial charge >= 0.3 is 0 Å². The van der Waals surface area contributed by atoms with Gasteiger partial charge in [0.05, 0.1) is 10.8 Å². The van der Waals surface area contributed by atoms with Crippen LogP contribution in [0.25, 0.3) is 33.4 Å². The molecule has 2 aliphatic carbocycles. The van der Waals surface area contributed by atoms with Crippen molar-refractivity contribution in [2.45, 2.75) is 42.9 Å². The number of hydrogen-bond donors (Lipinski definition) is 0. The van der Waals surface area contributed by atoms with Gasteiger partial charge < -0.3 is 0 Å². The first-order chi connectivity index (χ1) is 32.9. The van der Waals surface area contributed by atoms with Gasteiger partial charge in [-0.2, -0.15) is 0 Å². The van der Waals surface area contributed by atoms with Crippen molar-refractivity contribution in [2.24, 2.45) is 0 Å². The van der Waals surface area contributed by atoms with E-state index in [0.717, 1.165) is 0 Å². The van der Waals surface area contributed by atoms with E-state index in [2.05, 4.69) is 276 Å². The van der Waals surface area contributed by atoms with Gasteiger partial charge in [-0.15, -0.1) is 0 Å². The van der Waals surface area contributed by atoms with Crippen LogP contribution in [0, 0.1) is 0 Å². The summed E-state index contributed by atoms with van der Waals surface area (Å²) in [6.45, 7) is 6.83. The molecule has 0 heterocycles. The third-order valence-corrected chi connectivity index (χ3v) is 15.0. The van der Waals surface area contributed by atoms with Gasteiger partial charge in [-0.1, -0.05) is 276 Å². The minimum Gasteiger partial charge on any atom is -0.0622 e. The molecule has 67 heavy (non-hydrogen) atoms. The van der Waals surface area contributed by atoms with Crippen LogP contribution in [0.4, 0.5) is 0 Å². The van der Waals surface area contributed by atoms with Gasteiger partial charge in [0, 0.05) is 5.92 Å². The van der Waals surface area contributed by atoms with E-state index in [0.29, 0.717) is 0 Å². The van der Waals surface area contributed by atoms with Crippen molar-refractivity contribution in [3.8, 4) is 33.4 Å². The van der Waals surface area contributed by atoms with Crippen molar-refractivity contribution in [2.75, 3.05) is 0 Å². The molecule has 0 saturated heterocycles. The second-order valence-electron chi connectivity index (χ2n) is 19.5. The van der Waals surface area contributed by atoms with E-state index in [1.165, 1.54) is 100 Å². The number of fused-ring (bicyclic) bond motifs is 6. The lowest BCUT2D eigenvalue weighted by Gasteiger charge is -2.35. The Labute approximate surface area is 395 Å². The summed E-state index contributed by atoms with van der Waals surface area (Å²) in [5, 5.41) is 0. The summed E-state index contributed by atoms with van der Waals surface area (Å²) in [5.74, 6) is -0.0752. The summed E-state index contributed by atoms with van der Waals surface area (Å²) < 4.78 is 0. The molecule has 0 saturated carbocycles. The summed E-state index contributed by atoms with van der Waals surface area (Å²) in [6.07, 6.45) is 0. The average molecular weight is 857 g/mol. The molecule has 0 nitrogen and oxygen atoms in total. The first kappa shape index (κ1) is 40.7. The summed E-state index contributed by atoms with van der Waals surface area (Å²) >= 11 is 0. The fourth-order valence-corrected chi connectivity index (χ4v) is 11.9. The third-order valence-electron chi connectivity index (χ3n) is 15.0. The largest absolute Gasteiger partial charge is 0.0713 e. The smallest absolute Gasteiger partial charge is 0.0622 e. The maximum atomic E-state index is 2.56. The molecule has 0 N–H and O–H groups in total. The number of hydrogen-bond acceptors (Lipinski definition) is 0. The predicted octanol–water partition coefficient (Wildman–Crippen LogP) is 16.6. The van der Waals surface area contributed by atoms with Crippen LogP contribution in [-0.4, -0.2) is 0 Å². The van der Waals surface area contributed by atoms with Gasteiger partial charge in [0.1, 0.15) is 0 Å². The molecule has 0 heteroatoms. The van der Waals surface area contributed by atoms with Crippen molar-refractivity contribution in [3.63, 3.8) is 0 Å². The lowest BCUT2D eigenvalue weighted by Crippen LogP contribution is -2.29. The molecular weight excluding hydrogens is 805 g/mol. The van der Waals surface area contributed by atoms with E-state index in [1.54, 1.807) is 0 Å². The molecule has 2 aliphatic rings. The highest BCUT2D eigenvalue weighted by molar-refractivity contribution is 5.88. The molecule has 0 aromatic heterocycles. The van der Waals surface area contributed by atoms with Crippen LogP contribution < -0.4 is 0 Å². The zero-order valence-electron chi connectivity index (χ0n) is 38.3. The standard InChI is InChI=1S/C67H52/c1-65(2,3)51-40-36-47(37-41-51)46-32-34-48(35-33-46)64(49-38-42-58-56-28-16-18-30-60(56)66(62(58)44-49,52-20-8-4-9-21-52)53-22-10-5-11-23-53)50-39-43-59-57-29-17-19-31-61(57)67(63(59)45-50,54-24-12-6-13-25-54)55-26-14-7-15-27-55/h4-45,64H,1-3H3. The highest BCUT2D eigenvalue weighted by atomic mass is 14.5. The van der Waals surface area contributed by atoms with Crippen LogP contribution in [0.3, 0.4) is 0 Å². The molecule has 10 aromatic rings. The molecule has 0 atom stereocenters. The number of rotatable bonds is 8. The van der Waals surface area contributed by atoms with Crippen molar-refractivity contribution in [3.05, 3.63) is 322 Å². The molecule has 320 valence electrons. The van der Waals surface area contributed by atoms with Crippen LogP contribution in [0.1, 0.15) is 93.5 Å². The first-order valence-electron chi connectivity index (χ1n) is 23.8. The zero-order valence-corrected chi connectivity index (χ0v) is 38.3. The summed E-state index contributed by atoms with van der Waals surface area (Å²) in [5.41, 5.74) is 22.2. The fourth-order valence-electron chi connectivity index (χ4n) is 11.9. The van der Waals surface area contributed by atoms with Crippen molar-refractivity contribution in [1.82, 2.24) is 0 Å². The summed E-state index contributed by atoms with van der Waals surface area (Å²) in [7, 11) is 0. The van der Waals surface area contributed by atoms with Crippen LogP contribution in [-0.2, 0) is 16.2 Å². The van der Waals surface area contributed by atoms with E-state index >= 15 is 0 Å². The van der Waals surface area contributed by atoms with Gasteiger partial charge in [-0.3, -0.25) is 0 Å². The molecule has 0 bridgehead atoms. The topological polar surface area (TPSA) is 0 Å². The minimum atomic E-state index is -0.507. The minimum absolute atomic E-state index is 0.0752. The van der Waals surface area contributed by atoms with Gasteiger partial charge in [-0.25, -0.2) is 0 Å². The van der Waals surface area contributed by atoms with E-state index in [-0.39, 0.29) is 11.3 Å². The maximum Gasteiger partial charge on any atom is 0.0713 e. The van der Waals surface area contributed by atoms with Crippen molar-refractivity contribution in [1.29, 1.82) is 0 Å². The molecule has 10 aromatic carbocycles. The molecule has 0 spiro atoms. The van der Waals surface area contributed by atoms with Crippen LogP contribution in [0.2, 0.25) is 0 Å². The fraction of sp³-hybridized carbons (Fsp3) is 0.104. The zero-order chi connectivity index (χ0) is 45.2. The molecule has 0 unspecified atom stereocenters. The monoisotopic (exact) mass is 856 g/mol. The summed E-state index contributed by atoms with van der Waals surface area (Å²) in [6, 6.07) is 96.1. The Balaban J connectivity index is 1.11. The summed E-state index contributed by atoms with van der Waals surface area (Å²) in [4.78, 5) is 0. The molecular formula is C67H52. The van der Waals surface area contributed by atoms with E-state index in [9.17, 15) is 0 Å². The van der Waals surface area contributed by atoms with Crippen molar-refractivity contribution < 1.29 is 0 Å². The highest BCUT2D eigenvalue weighted by Gasteiger charge is 2.48. The van der Waals surface area contributed by atoms with Crippen LogP contribution in [0.5, 0.6) is 0 Å². The molecule has 0 fully saturated rings. The third kappa shape index (κ3) is 6.35. The van der Waals surface area contributed by atoms with E-state index < -0.39 is 10.8 Å². The van der Waals surface area contributed by atoms with Crippen LogP contribution in [0.15, 0.2) is 255 Å². The lowest BCUT2D eigenvalue weighted by atomic mass is 9.66. The van der Waals surface area contributed by atoms with Gasteiger partial charge in [0.25, 0.3) is 0 Å².